The van der Waals surface area contributed by atoms with Gasteiger partial charge in [-0.3, -0.25) is 9.59 Å². The maximum Gasteiger partial charge on any atom is 0.423 e. The van der Waals surface area contributed by atoms with Crippen LogP contribution < -0.4 is 16.0 Å². The first-order valence-corrected chi connectivity index (χ1v) is 12.3. The van der Waals surface area contributed by atoms with Crippen molar-refractivity contribution in [2.24, 2.45) is 4.99 Å². The summed E-state index contributed by atoms with van der Waals surface area (Å²) < 4.78 is 106. The third-order valence-corrected chi connectivity index (χ3v) is 5.94. The fraction of sp³-hybridized carbons (Fsp3) is 0.435. The van der Waals surface area contributed by atoms with Crippen LogP contribution in [0.3, 0.4) is 0 Å². The van der Waals surface area contributed by atoms with Crippen molar-refractivity contribution in [2.75, 3.05) is 38.6 Å². The Kier molecular flexibility index (Phi) is 12.2. The quantitative estimate of drug-likeness (QED) is 0.299. The molecule has 0 aromatic heterocycles. The van der Waals surface area contributed by atoms with E-state index in [0.717, 1.165) is 12.2 Å². The number of alkyl halides is 8. The highest BCUT2D eigenvalue weighted by atomic mass is 35.5. The van der Waals surface area contributed by atoms with Crippen LogP contribution in [0, 0.1) is 0 Å². The molecule has 234 valence electrons. The van der Waals surface area contributed by atoms with Gasteiger partial charge in [-0.05, 0) is 23.8 Å². The Hall–Kier alpha value is -3.31. The average molecular weight is 656 g/mol. The van der Waals surface area contributed by atoms with Crippen LogP contribution in [0.15, 0.2) is 40.6 Å². The summed E-state index contributed by atoms with van der Waals surface area (Å²) in [6.07, 6.45) is -13.9. The van der Waals surface area contributed by atoms with Crippen LogP contribution >= 0.6 is 23.2 Å². The number of anilines is 1. The monoisotopic (exact) mass is 655 g/mol. The van der Waals surface area contributed by atoms with Gasteiger partial charge >= 0.3 is 12.4 Å². The van der Waals surface area contributed by atoms with E-state index in [-0.39, 0.29) is 40.3 Å². The number of likely N-dealkylation sites (N-methyl/N-ethyl adjacent to an activating group) is 1. The van der Waals surface area contributed by atoms with Crippen LogP contribution in [0.2, 0.25) is 10.0 Å². The topological polar surface area (TPSA) is 115 Å². The van der Waals surface area contributed by atoms with Crippen molar-refractivity contribution < 1.29 is 54.6 Å². The van der Waals surface area contributed by atoms with E-state index < -0.39 is 67.7 Å². The molecule has 0 saturated carbocycles. The summed E-state index contributed by atoms with van der Waals surface area (Å²) in [7, 11) is 1.45. The maximum atomic E-state index is 12.8. The molecule has 1 aliphatic heterocycles. The number of nitrogens with one attached hydrogen (secondary N) is 3. The lowest BCUT2D eigenvalue weighted by atomic mass is 10.1. The van der Waals surface area contributed by atoms with Gasteiger partial charge in [-0.25, -0.2) is 13.8 Å². The predicted octanol–water partition coefficient (Wildman–Crippen LogP) is 4.02. The highest BCUT2D eigenvalue weighted by Crippen LogP contribution is 2.34. The van der Waals surface area contributed by atoms with E-state index in [2.05, 4.69) is 10.3 Å². The Morgan fingerprint density at radius 3 is 2.38 bits per heavy atom. The second kappa shape index (κ2) is 14.7. The van der Waals surface area contributed by atoms with Gasteiger partial charge < -0.3 is 30.7 Å². The van der Waals surface area contributed by atoms with Gasteiger partial charge in [0.15, 0.2) is 5.96 Å². The molecule has 19 heteroatoms. The Labute approximate surface area is 243 Å². The Balaban J connectivity index is 2.33. The lowest BCUT2D eigenvalue weighted by Gasteiger charge is -2.23. The number of carbonyl (C=O) groups is 2. The molecule has 0 saturated heterocycles. The van der Waals surface area contributed by atoms with Crippen molar-refractivity contribution in [2.45, 2.75) is 31.4 Å². The van der Waals surface area contributed by atoms with Gasteiger partial charge in [-0.2, -0.15) is 26.3 Å². The molecule has 9 nitrogen and oxygen atoms in total. The van der Waals surface area contributed by atoms with Crippen LogP contribution in [-0.4, -0.2) is 86.0 Å². The van der Waals surface area contributed by atoms with E-state index in [1.54, 1.807) is 5.32 Å². The average Bonchev–Trinajstić information content (AvgIpc) is 2.95. The summed E-state index contributed by atoms with van der Waals surface area (Å²) in [4.78, 5) is 29.7. The summed E-state index contributed by atoms with van der Waals surface area (Å²) in [6.45, 7) is -3.94. The number of carbonyl (C=O) groups excluding carboxylic acids is 2. The lowest BCUT2D eigenvalue weighted by Crippen LogP contribution is -2.43. The summed E-state index contributed by atoms with van der Waals surface area (Å²) >= 11 is 12.6. The smallest absolute Gasteiger partial charge is 0.423 e. The number of aliphatic imine (C=N–C) groups is 1. The highest BCUT2D eigenvalue weighted by molar-refractivity contribution is 6.40. The van der Waals surface area contributed by atoms with Gasteiger partial charge in [-0.1, -0.05) is 29.3 Å². The molecule has 1 aromatic rings. The van der Waals surface area contributed by atoms with E-state index in [1.807, 2.05) is 5.32 Å². The van der Waals surface area contributed by atoms with Crippen LogP contribution in [0.25, 0.3) is 0 Å². The van der Waals surface area contributed by atoms with Crippen molar-refractivity contribution in [3.8, 4) is 0 Å². The highest BCUT2D eigenvalue weighted by Gasteiger charge is 2.43. The first kappa shape index (κ1) is 34.9. The molecule has 0 bridgehead atoms. The number of nitrogens with zero attached hydrogens (tertiary/aromatic N) is 2. The number of hydrogen-bond acceptors (Lipinski definition) is 7. The Morgan fingerprint density at radius 1 is 1.12 bits per heavy atom. The SMILES string of the molecule is CN1CC=C(OCC(F)F)C(C(=O)NCC(F)(F)F)=CCN=C1Nc1c(Cl)ccc(CNC(=O)C(O)C(F)(F)F)c1Cl. The van der Waals surface area contributed by atoms with E-state index >= 15 is 0 Å². The molecule has 0 spiro atoms. The number of guanidine groups is 1. The first-order valence-electron chi connectivity index (χ1n) is 11.6. The second-order valence-electron chi connectivity index (χ2n) is 8.41. The minimum atomic E-state index is -5.19. The molecule has 1 atom stereocenters. The molecule has 0 fully saturated rings. The van der Waals surface area contributed by atoms with E-state index in [1.165, 1.54) is 24.1 Å². The van der Waals surface area contributed by atoms with Crippen molar-refractivity contribution in [1.82, 2.24) is 15.5 Å². The standard InChI is InChI=1S/C23H23Cl2F8N5O4/c1-38-7-5-14(42-9-15(26)27)12(19(40)36-10-22(28,29)30)4-6-34-21(38)37-17-13(24)3-2-11(16(17)25)8-35-20(41)18(39)23(31,32)33/h2-5,15,18,39H,6-10H2,1H3,(H,34,37)(H,35,41)(H,36,40). The fourth-order valence-corrected chi connectivity index (χ4v) is 3.68. The van der Waals surface area contributed by atoms with Gasteiger partial charge in [-0.15, -0.1) is 0 Å². The first-order chi connectivity index (χ1) is 19.4. The number of amides is 2. The number of halogens is 10. The fourth-order valence-electron chi connectivity index (χ4n) is 3.15. The number of hydrogen-bond donors (Lipinski definition) is 4. The third kappa shape index (κ3) is 10.5. The van der Waals surface area contributed by atoms with Crippen LogP contribution in [0.1, 0.15) is 5.56 Å². The molecule has 4 N–H and O–H groups in total. The summed E-state index contributed by atoms with van der Waals surface area (Å²) in [5, 5.41) is 15.2. The molecule has 2 rings (SSSR count). The lowest BCUT2D eigenvalue weighted by molar-refractivity contribution is -0.205. The van der Waals surface area contributed by atoms with Gasteiger partial charge in [0.05, 0.1) is 27.9 Å². The zero-order valence-corrected chi connectivity index (χ0v) is 22.9. The number of benzene rings is 1. The molecule has 0 radical (unpaired) electrons. The second-order valence-corrected chi connectivity index (χ2v) is 9.20. The predicted molar refractivity (Wildman–Crippen MR) is 136 cm³/mol. The van der Waals surface area contributed by atoms with Crippen molar-refractivity contribution in [1.29, 1.82) is 0 Å². The molecule has 1 aromatic carbocycles. The number of aliphatic hydroxyl groups excluding tert-OH is 1. The normalized spacial score (nSPS) is 15.5. The molecular weight excluding hydrogens is 633 g/mol. The van der Waals surface area contributed by atoms with Gasteiger partial charge in [0.1, 0.15) is 18.9 Å². The zero-order valence-electron chi connectivity index (χ0n) is 21.3. The molecule has 0 aliphatic carbocycles. The molecular formula is C23H23Cl2F8N5O4. The van der Waals surface area contributed by atoms with Crippen LogP contribution in [0.4, 0.5) is 40.8 Å². The van der Waals surface area contributed by atoms with Crippen LogP contribution in [-0.2, 0) is 20.9 Å². The Bertz CT molecular complexity index is 1240. The van der Waals surface area contributed by atoms with Crippen molar-refractivity contribution >= 4 is 46.7 Å². The Morgan fingerprint density at radius 2 is 1.79 bits per heavy atom. The summed E-state index contributed by atoms with van der Waals surface area (Å²) in [6, 6.07) is 2.60. The largest absolute Gasteiger partial charge is 0.487 e. The van der Waals surface area contributed by atoms with Crippen molar-refractivity contribution in [3.63, 3.8) is 0 Å². The molecule has 1 unspecified atom stereocenters. The zero-order chi connectivity index (χ0) is 31.8. The maximum absolute atomic E-state index is 12.8. The summed E-state index contributed by atoms with van der Waals surface area (Å²) in [5.41, 5.74) is -0.409. The van der Waals surface area contributed by atoms with Gasteiger partial charge in [0.25, 0.3) is 18.2 Å². The van der Waals surface area contributed by atoms with E-state index in [0.29, 0.717) is 0 Å². The van der Waals surface area contributed by atoms with Crippen molar-refractivity contribution in [3.05, 3.63) is 51.2 Å². The van der Waals surface area contributed by atoms with Gasteiger partial charge in [0, 0.05) is 20.1 Å². The molecule has 1 heterocycles. The third-order valence-electron chi connectivity index (χ3n) is 5.19. The van der Waals surface area contributed by atoms with Crippen LogP contribution in [0.5, 0.6) is 0 Å². The van der Waals surface area contributed by atoms with E-state index in [9.17, 15) is 44.7 Å². The molecule has 1 aliphatic rings. The summed E-state index contributed by atoms with van der Waals surface area (Å²) in [5.74, 6) is -3.39. The van der Waals surface area contributed by atoms with Gasteiger partial charge in [0.2, 0.25) is 6.10 Å². The number of aliphatic hydroxyl groups is 1. The minimum absolute atomic E-state index is 0.000585. The number of rotatable bonds is 9. The molecule has 2 amide bonds. The molecule has 42 heavy (non-hydrogen) atoms. The number of ether oxygens (including phenoxy) is 1. The minimum Gasteiger partial charge on any atom is -0.487 e. The van der Waals surface area contributed by atoms with E-state index in [4.69, 9.17) is 33.0 Å².